The van der Waals surface area contributed by atoms with Gasteiger partial charge >= 0.3 is 0 Å². The maximum absolute atomic E-state index is 12.2. The van der Waals surface area contributed by atoms with Gasteiger partial charge in [-0.05, 0) is 30.3 Å². The van der Waals surface area contributed by atoms with Gasteiger partial charge in [-0.2, -0.15) is 0 Å². The minimum absolute atomic E-state index is 0.140. The summed E-state index contributed by atoms with van der Waals surface area (Å²) >= 11 is 6.01. The first kappa shape index (κ1) is 18.9. The van der Waals surface area contributed by atoms with E-state index < -0.39 is 0 Å². The molecule has 10 heteroatoms. The maximum atomic E-state index is 12.2. The van der Waals surface area contributed by atoms with Crippen LogP contribution in [0.3, 0.4) is 0 Å². The standard InChI is InChI=1S/C18H13BrN4O3S2/c19-11-6-7-13-14(8-11)28-17(20-13)21-15(24)10-27-18-23-22-16(26-18)9-25-12-4-2-1-3-5-12/h1-8H,9-10H2,(H,20,21,24). The van der Waals surface area contributed by atoms with E-state index in [-0.39, 0.29) is 18.3 Å². The van der Waals surface area contributed by atoms with E-state index in [1.54, 1.807) is 0 Å². The molecule has 0 spiro atoms. The monoisotopic (exact) mass is 476 g/mol. The molecule has 1 N–H and O–H groups in total. The van der Waals surface area contributed by atoms with E-state index in [2.05, 4.69) is 36.4 Å². The number of fused-ring (bicyclic) bond motifs is 1. The molecule has 28 heavy (non-hydrogen) atoms. The van der Waals surface area contributed by atoms with Gasteiger partial charge in [-0.15, -0.1) is 10.2 Å². The van der Waals surface area contributed by atoms with Crippen molar-refractivity contribution in [3.8, 4) is 5.75 Å². The van der Waals surface area contributed by atoms with Gasteiger partial charge in [-0.1, -0.05) is 57.2 Å². The van der Waals surface area contributed by atoms with Crippen LogP contribution in [0.1, 0.15) is 5.89 Å². The lowest BCUT2D eigenvalue weighted by Crippen LogP contribution is -2.13. The molecule has 4 aromatic rings. The van der Waals surface area contributed by atoms with E-state index in [1.807, 2.05) is 48.5 Å². The largest absolute Gasteiger partial charge is 0.484 e. The number of nitrogens with one attached hydrogen (secondary N) is 1. The summed E-state index contributed by atoms with van der Waals surface area (Å²) < 4.78 is 13.0. The first-order valence-electron chi connectivity index (χ1n) is 8.15. The van der Waals surface area contributed by atoms with Crippen molar-refractivity contribution >= 4 is 60.3 Å². The first-order chi connectivity index (χ1) is 13.7. The fourth-order valence-electron chi connectivity index (χ4n) is 2.25. The van der Waals surface area contributed by atoms with Crippen molar-refractivity contribution < 1.29 is 13.9 Å². The Hall–Kier alpha value is -2.43. The zero-order valence-corrected chi connectivity index (χ0v) is 17.5. The minimum Gasteiger partial charge on any atom is -0.484 e. The Morgan fingerprint density at radius 3 is 2.93 bits per heavy atom. The third-order valence-corrected chi connectivity index (χ3v) is 5.72. The maximum Gasteiger partial charge on any atom is 0.277 e. The predicted octanol–water partition coefficient (Wildman–Crippen LogP) is 4.75. The average Bonchev–Trinajstić information content (AvgIpc) is 3.31. The summed E-state index contributed by atoms with van der Waals surface area (Å²) in [6.45, 7) is 0.172. The van der Waals surface area contributed by atoms with Gasteiger partial charge in [0, 0.05) is 4.47 Å². The van der Waals surface area contributed by atoms with E-state index in [1.165, 1.54) is 11.3 Å². The number of halogens is 1. The summed E-state index contributed by atoms with van der Waals surface area (Å²) in [5.41, 5.74) is 0.844. The fraction of sp³-hybridized carbons (Fsp3) is 0.111. The van der Waals surface area contributed by atoms with Crippen LogP contribution in [0, 0.1) is 0 Å². The number of ether oxygens (including phenoxy) is 1. The molecule has 0 atom stereocenters. The lowest BCUT2D eigenvalue weighted by Gasteiger charge is -2.01. The second-order valence-electron chi connectivity index (χ2n) is 5.53. The van der Waals surface area contributed by atoms with Crippen molar-refractivity contribution in [3.63, 3.8) is 0 Å². The molecule has 0 fully saturated rings. The second kappa shape index (κ2) is 8.72. The highest BCUT2D eigenvalue weighted by atomic mass is 79.9. The zero-order valence-electron chi connectivity index (χ0n) is 14.3. The van der Waals surface area contributed by atoms with Crippen LogP contribution in [0.15, 0.2) is 62.6 Å². The van der Waals surface area contributed by atoms with Crippen LogP contribution >= 0.6 is 39.0 Å². The molecular weight excluding hydrogens is 464 g/mol. The molecule has 0 aliphatic heterocycles. The zero-order chi connectivity index (χ0) is 19.3. The number of rotatable bonds is 7. The van der Waals surface area contributed by atoms with Crippen molar-refractivity contribution in [2.75, 3.05) is 11.1 Å². The first-order valence-corrected chi connectivity index (χ1v) is 10.7. The van der Waals surface area contributed by atoms with Crippen molar-refractivity contribution in [3.05, 3.63) is 58.9 Å². The van der Waals surface area contributed by atoms with Crippen LogP contribution in [0.4, 0.5) is 5.13 Å². The summed E-state index contributed by atoms with van der Waals surface area (Å²) in [4.78, 5) is 16.6. The Labute approximate surface area is 176 Å². The molecule has 142 valence electrons. The van der Waals surface area contributed by atoms with E-state index in [4.69, 9.17) is 9.15 Å². The quantitative estimate of drug-likeness (QED) is 0.384. The van der Waals surface area contributed by atoms with Gasteiger partial charge in [-0.25, -0.2) is 4.98 Å². The number of nitrogens with zero attached hydrogens (tertiary/aromatic N) is 3. The number of benzene rings is 2. The summed E-state index contributed by atoms with van der Waals surface area (Å²) in [6.07, 6.45) is 0. The summed E-state index contributed by atoms with van der Waals surface area (Å²) in [6, 6.07) is 15.1. The molecule has 1 amide bonds. The number of para-hydroxylation sites is 1. The highest BCUT2D eigenvalue weighted by Crippen LogP contribution is 2.28. The van der Waals surface area contributed by atoms with Crippen molar-refractivity contribution in [1.82, 2.24) is 15.2 Å². The molecule has 0 aliphatic rings. The predicted molar refractivity (Wildman–Crippen MR) is 112 cm³/mol. The van der Waals surface area contributed by atoms with E-state index in [0.29, 0.717) is 16.2 Å². The average molecular weight is 477 g/mol. The Balaban J connectivity index is 1.28. The van der Waals surface area contributed by atoms with Crippen LogP contribution in [0.5, 0.6) is 5.75 Å². The van der Waals surface area contributed by atoms with Gasteiger partial charge in [0.2, 0.25) is 5.91 Å². The van der Waals surface area contributed by atoms with Gasteiger partial charge in [-0.3, -0.25) is 4.79 Å². The highest BCUT2D eigenvalue weighted by Gasteiger charge is 2.12. The third-order valence-electron chi connectivity index (χ3n) is 3.48. The van der Waals surface area contributed by atoms with Crippen LogP contribution in [-0.2, 0) is 11.4 Å². The second-order valence-corrected chi connectivity index (χ2v) is 8.40. The Bertz CT molecular complexity index is 1100. The van der Waals surface area contributed by atoms with E-state index in [0.717, 1.165) is 32.2 Å². The highest BCUT2D eigenvalue weighted by molar-refractivity contribution is 9.10. The van der Waals surface area contributed by atoms with Gasteiger partial charge in [0.1, 0.15) is 5.75 Å². The molecule has 0 saturated heterocycles. The Morgan fingerprint density at radius 1 is 1.21 bits per heavy atom. The van der Waals surface area contributed by atoms with Crippen LogP contribution in [-0.4, -0.2) is 26.8 Å². The van der Waals surface area contributed by atoms with Crippen molar-refractivity contribution in [1.29, 1.82) is 0 Å². The van der Waals surface area contributed by atoms with Crippen LogP contribution in [0.2, 0.25) is 0 Å². The smallest absolute Gasteiger partial charge is 0.277 e. The number of thiazole rings is 1. The molecule has 7 nitrogen and oxygen atoms in total. The number of amides is 1. The summed E-state index contributed by atoms with van der Waals surface area (Å²) in [5.74, 6) is 1.02. The summed E-state index contributed by atoms with van der Waals surface area (Å²) in [7, 11) is 0. The number of carbonyl (C=O) groups excluding carboxylic acids is 1. The van der Waals surface area contributed by atoms with Gasteiger partial charge in [0.15, 0.2) is 11.7 Å². The SMILES string of the molecule is O=C(CSc1nnc(COc2ccccc2)o1)Nc1nc2ccc(Br)cc2s1. The Kier molecular flexibility index (Phi) is 5.89. The molecular formula is C18H13BrN4O3S2. The molecule has 0 unspecified atom stereocenters. The lowest BCUT2D eigenvalue weighted by molar-refractivity contribution is -0.113. The third kappa shape index (κ3) is 4.89. The normalized spacial score (nSPS) is 10.9. The molecule has 0 saturated carbocycles. The van der Waals surface area contributed by atoms with Crippen LogP contribution < -0.4 is 10.1 Å². The van der Waals surface area contributed by atoms with E-state index in [9.17, 15) is 4.79 Å². The van der Waals surface area contributed by atoms with Crippen molar-refractivity contribution in [2.45, 2.75) is 11.8 Å². The van der Waals surface area contributed by atoms with Gasteiger partial charge < -0.3 is 14.5 Å². The molecule has 2 aromatic carbocycles. The molecule has 4 rings (SSSR count). The van der Waals surface area contributed by atoms with Gasteiger partial charge in [0.05, 0.1) is 16.0 Å². The molecule has 0 radical (unpaired) electrons. The summed E-state index contributed by atoms with van der Waals surface area (Å²) in [5, 5.41) is 11.5. The number of thioether (sulfide) groups is 1. The number of hydrogen-bond acceptors (Lipinski definition) is 8. The molecule has 0 aliphatic carbocycles. The number of hydrogen-bond donors (Lipinski definition) is 1. The van der Waals surface area contributed by atoms with Crippen molar-refractivity contribution in [2.24, 2.45) is 0 Å². The topological polar surface area (TPSA) is 90.1 Å². The molecule has 2 aromatic heterocycles. The molecule has 2 heterocycles. The fourth-order valence-corrected chi connectivity index (χ4v) is 4.27. The van der Waals surface area contributed by atoms with E-state index >= 15 is 0 Å². The Morgan fingerprint density at radius 2 is 2.07 bits per heavy atom. The van der Waals surface area contributed by atoms with Crippen LogP contribution in [0.25, 0.3) is 10.2 Å². The lowest BCUT2D eigenvalue weighted by atomic mass is 10.3. The van der Waals surface area contributed by atoms with Gasteiger partial charge in [0.25, 0.3) is 11.1 Å². The molecule has 0 bridgehead atoms. The number of aromatic nitrogens is 3. The number of carbonyl (C=O) groups is 1. The number of anilines is 1. The minimum atomic E-state index is -0.191.